The quantitative estimate of drug-likeness (QED) is 0.406. The molecule has 0 amide bonds. The Morgan fingerprint density at radius 2 is 1.67 bits per heavy atom. The number of halogens is 1. The fourth-order valence-electron chi connectivity index (χ4n) is 3.18. The van der Waals surface area contributed by atoms with E-state index in [9.17, 15) is 0 Å². The Bertz CT molecular complexity index is 668. The zero-order valence-corrected chi connectivity index (χ0v) is 15.7. The highest BCUT2D eigenvalue weighted by molar-refractivity contribution is 14.1. The fraction of sp³-hybridized carbons (Fsp3) is 0.474. The Hall–Kier alpha value is -0.770. The first-order valence-corrected chi connectivity index (χ1v) is 8.77. The molecule has 3 rings (SSSR count). The average molecular weight is 393 g/mol. The first-order valence-electron chi connectivity index (χ1n) is 7.69. The summed E-state index contributed by atoms with van der Waals surface area (Å²) in [6, 6.07) is 0. The number of allylic oxidation sites excluding steroid dienone is 3. The van der Waals surface area contributed by atoms with Crippen LogP contribution in [0.2, 0.25) is 0 Å². The Morgan fingerprint density at radius 1 is 1.05 bits per heavy atom. The van der Waals surface area contributed by atoms with Crippen LogP contribution in [0.3, 0.4) is 0 Å². The molecule has 1 aromatic rings. The lowest BCUT2D eigenvalue weighted by atomic mass is 9.89. The number of fused-ring (bicyclic) bond motifs is 3. The first-order chi connectivity index (χ1) is 9.71. The van der Waals surface area contributed by atoms with Crippen molar-refractivity contribution in [2.45, 2.75) is 37.5 Å². The molecule has 2 aliphatic rings. The second-order valence-corrected chi connectivity index (χ2v) is 9.62. The van der Waals surface area contributed by atoms with Gasteiger partial charge in [0.25, 0.3) is 0 Å². The number of rotatable bonds is 0. The van der Waals surface area contributed by atoms with Crippen LogP contribution in [-0.2, 0) is 13.5 Å². The van der Waals surface area contributed by atoms with Crippen LogP contribution in [0.5, 0.6) is 0 Å². The summed E-state index contributed by atoms with van der Waals surface area (Å²) in [4.78, 5) is 0. The van der Waals surface area contributed by atoms with Crippen molar-refractivity contribution in [1.29, 1.82) is 0 Å². The third-order valence-corrected chi connectivity index (χ3v) is 6.45. The first kappa shape index (κ1) is 15.1. The van der Waals surface area contributed by atoms with Crippen molar-refractivity contribution in [3.05, 3.63) is 40.7 Å². The third-order valence-electron chi connectivity index (χ3n) is 5.02. The van der Waals surface area contributed by atoms with Gasteiger partial charge in [0.15, 0.2) is 0 Å². The molecule has 1 heterocycles. The molecule has 2 heteroatoms. The van der Waals surface area contributed by atoms with Crippen LogP contribution in [0.1, 0.15) is 50.2 Å². The summed E-state index contributed by atoms with van der Waals surface area (Å²) in [5.74, 6) is 0.635. The SMILES string of the molecule is CC1Cc2c3c(n(C)c2C=CC1(C)I)C=CC(C)(C)C=C3. The van der Waals surface area contributed by atoms with Gasteiger partial charge in [0.1, 0.15) is 0 Å². The molecule has 21 heavy (non-hydrogen) atoms. The number of alkyl halides is 1. The normalized spacial score (nSPS) is 29.7. The van der Waals surface area contributed by atoms with Gasteiger partial charge in [-0.3, -0.25) is 0 Å². The maximum Gasteiger partial charge on any atom is 0.0482 e. The fourth-order valence-corrected chi connectivity index (χ4v) is 3.58. The molecule has 2 unspecified atom stereocenters. The number of nitrogens with zero attached hydrogens (tertiary/aromatic N) is 1. The van der Waals surface area contributed by atoms with Gasteiger partial charge in [-0.15, -0.1) is 0 Å². The lowest BCUT2D eigenvalue weighted by Gasteiger charge is -2.25. The lowest BCUT2D eigenvalue weighted by molar-refractivity contribution is 0.519. The molecule has 2 aliphatic carbocycles. The Labute approximate surface area is 142 Å². The Morgan fingerprint density at radius 3 is 2.38 bits per heavy atom. The molecule has 0 saturated heterocycles. The largest absolute Gasteiger partial charge is 0.344 e. The summed E-state index contributed by atoms with van der Waals surface area (Å²) in [5, 5.41) is 0. The summed E-state index contributed by atoms with van der Waals surface area (Å²) in [6.45, 7) is 9.22. The highest BCUT2D eigenvalue weighted by atomic mass is 127. The van der Waals surface area contributed by atoms with Gasteiger partial charge < -0.3 is 4.57 Å². The van der Waals surface area contributed by atoms with E-state index in [1.54, 1.807) is 0 Å². The average Bonchev–Trinajstić information content (AvgIpc) is 2.50. The number of hydrogen-bond acceptors (Lipinski definition) is 0. The van der Waals surface area contributed by atoms with Crippen LogP contribution in [0.15, 0.2) is 18.2 Å². The van der Waals surface area contributed by atoms with Crippen LogP contribution in [0, 0.1) is 11.3 Å². The lowest BCUT2D eigenvalue weighted by Crippen LogP contribution is -2.23. The van der Waals surface area contributed by atoms with Crippen LogP contribution in [-0.4, -0.2) is 7.99 Å². The van der Waals surface area contributed by atoms with Crippen molar-refractivity contribution in [2.75, 3.05) is 0 Å². The zero-order valence-electron chi connectivity index (χ0n) is 13.6. The summed E-state index contributed by atoms with van der Waals surface area (Å²) < 4.78 is 2.58. The minimum absolute atomic E-state index is 0.135. The van der Waals surface area contributed by atoms with Gasteiger partial charge in [-0.1, -0.05) is 67.7 Å². The molecule has 0 fully saturated rings. The molecule has 112 valence electrons. The summed E-state index contributed by atoms with van der Waals surface area (Å²) in [5.41, 5.74) is 5.78. The van der Waals surface area contributed by atoms with Crippen molar-refractivity contribution in [2.24, 2.45) is 18.4 Å². The van der Waals surface area contributed by atoms with Crippen LogP contribution >= 0.6 is 22.6 Å². The smallest absolute Gasteiger partial charge is 0.0482 e. The number of aromatic nitrogens is 1. The third kappa shape index (κ3) is 2.56. The van der Waals surface area contributed by atoms with E-state index in [4.69, 9.17) is 0 Å². The summed E-state index contributed by atoms with van der Waals surface area (Å²) >= 11 is 2.59. The van der Waals surface area contributed by atoms with Crippen LogP contribution < -0.4 is 0 Å². The Balaban J connectivity index is 2.19. The molecule has 0 saturated carbocycles. The van der Waals surface area contributed by atoms with Gasteiger partial charge in [0.05, 0.1) is 0 Å². The molecular formula is C19H24IN. The van der Waals surface area contributed by atoms with E-state index in [1.807, 2.05) is 0 Å². The van der Waals surface area contributed by atoms with E-state index in [2.05, 4.69) is 98.4 Å². The molecule has 1 aromatic heterocycles. The Kier molecular flexibility index (Phi) is 3.51. The van der Waals surface area contributed by atoms with Crippen molar-refractivity contribution in [3.8, 4) is 0 Å². The van der Waals surface area contributed by atoms with Crippen molar-refractivity contribution >= 4 is 40.8 Å². The predicted octanol–water partition coefficient (Wildman–Crippen LogP) is 5.49. The summed E-state index contributed by atoms with van der Waals surface area (Å²) in [6.07, 6.45) is 15.1. The maximum atomic E-state index is 2.59. The molecular weight excluding hydrogens is 369 g/mol. The van der Waals surface area contributed by atoms with Crippen molar-refractivity contribution in [3.63, 3.8) is 0 Å². The van der Waals surface area contributed by atoms with E-state index < -0.39 is 0 Å². The van der Waals surface area contributed by atoms with Crippen molar-refractivity contribution < 1.29 is 0 Å². The maximum absolute atomic E-state index is 2.59. The molecule has 0 aromatic carbocycles. The molecule has 2 atom stereocenters. The van der Waals surface area contributed by atoms with E-state index in [0.29, 0.717) is 5.92 Å². The van der Waals surface area contributed by atoms with Crippen LogP contribution in [0.25, 0.3) is 18.2 Å². The van der Waals surface area contributed by atoms with Crippen molar-refractivity contribution in [1.82, 2.24) is 4.57 Å². The van der Waals surface area contributed by atoms with Gasteiger partial charge in [-0.25, -0.2) is 0 Å². The van der Waals surface area contributed by atoms with Gasteiger partial charge in [0.2, 0.25) is 0 Å². The highest BCUT2D eigenvalue weighted by Gasteiger charge is 2.31. The highest BCUT2D eigenvalue weighted by Crippen LogP contribution is 2.40. The predicted molar refractivity (Wildman–Crippen MR) is 102 cm³/mol. The van der Waals surface area contributed by atoms with Gasteiger partial charge in [-0.05, 0) is 37.0 Å². The van der Waals surface area contributed by atoms with Crippen LogP contribution in [0.4, 0.5) is 0 Å². The second-order valence-electron chi connectivity index (χ2n) is 7.30. The molecule has 1 nitrogen and oxygen atoms in total. The standard InChI is InChI=1S/C19H24IN/c1-13-12-15-14-6-9-18(2,3)10-7-16(14)21(5)17(15)8-11-19(13,4)20/h6-11,13H,12H2,1-5H3. The number of hydrogen-bond donors (Lipinski definition) is 0. The van der Waals surface area contributed by atoms with E-state index in [0.717, 1.165) is 6.42 Å². The van der Waals surface area contributed by atoms with Gasteiger partial charge >= 0.3 is 0 Å². The molecule has 0 radical (unpaired) electrons. The summed E-state index contributed by atoms with van der Waals surface area (Å²) in [7, 11) is 2.19. The zero-order chi connectivity index (χ0) is 15.4. The molecule has 0 aliphatic heterocycles. The molecule has 0 N–H and O–H groups in total. The minimum atomic E-state index is 0.135. The van der Waals surface area contributed by atoms with E-state index in [-0.39, 0.29) is 8.84 Å². The van der Waals surface area contributed by atoms with E-state index in [1.165, 1.54) is 22.5 Å². The molecule has 0 spiro atoms. The topological polar surface area (TPSA) is 4.93 Å². The second kappa shape index (κ2) is 4.87. The van der Waals surface area contributed by atoms with E-state index >= 15 is 0 Å². The monoisotopic (exact) mass is 393 g/mol. The minimum Gasteiger partial charge on any atom is -0.344 e. The van der Waals surface area contributed by atoms with Gasteiger partial charge in [-0.2, -0.15) is 0 Å². The molecule has 0 bridgehead atoms. The van der Waals surface area contributed by atoms with Gasteiger partial charge in [0, 0.05) is 32.8 Å².